The zero-order valence-corrected chi connectivity index (χ0v) is 11.0. The first-order valence-electron chi connectivity index (χ1n) is 6.80. The van der Waals surface area contributed by atoms with Gasteiger partial charge in [-0.05, 0) is 56.1 Å². The van der Waals surface area contributed by atoms with E-state index in [0.717, 1.165) is 18.1 Å². The molecule has 0 spiro atoms. The molecule has 1 aromatic rings. The second kappa shape index (κ2) is 4.68. The van der Waals surface area contributed by atoms with Gasteiger partial charge in [-0.2, -0.15) is 5.10 Å². The van der Waals surface area contributed by atoms with Crippen LogP contribution in [-0.4, -0.2) is 16.7 Å². The summed E-state index contributed by atoms with van der Waals surface area (Å²) >= 11 is 0. The zero-order valence-electron chi connectivity index (χ0n) is 11.0. The Kier molecular flexibility index (Phi) is 3.01. The van der Waals surface area contributed by atoms with Gasteiger partial charge in [-0.1, -0.05) is 12.1 Å². The fraction of sp³-hybridized carbons (Fsp3) is 0.467. The first-order valence-corrected chi connectivity index (χ1v) is 6.80. The third-order valence-corrected chi connectivity index (χ3v) is 4.29. The van der Waals surface area contributed by atoms with Crippen molar-refractivity contribution in [2.24, 2.45) is 16.9 Å². The molecule has 4 nitrogen and oxygen atoms in total. The lowest BCUT2D eigenvalue weighted by Gasteiger charge is -2.12. The maximum atomic E-state index is 12.0. The number of nitrogens with zero attached hydrogens (tertiary/aromatic N) is 1. The molecule has 2 atom stereocenters. The largest absolute Gasteiger partial charge is 0.507 e. The molecule has 0 heterocycles. The molecule has 2 aliphatic rings. The van der Waals surface area contributed by atoms with Crippen LogP contribution in [0.3, 0.4) is 0 Å². The highest BCUT2D eigenvalue weighted by Crippen LogP contribution is 2.42. The zero-order chi connectivity index (χ0) is 13.4. The molecule has 2 saturated carbocycles. The summed E-state index contributed by atoms with van der Waals surface area (Å²) in [6.07, 6.45) is 4.75. The van der Waals surface area contributed by atoms with Gasteiger partial charge in [0.15, 0.2) is 0 Å². The number of phenolic OH excluding ortho intramolecular Hbond substituents is 1. The molecule has 19 heavy (non-hydrogen) atoms. The summed E-state index contributed by atoms with van der Waals surface area (Å²) in [5, 5.41) is 14.1. The van der Waals surface area contributed by atoms with Gasteiger partial charge in [0.05, 0.1) is 5.56 Å². The molecule has 2 aliphatic carbocycles. The molecule has 2 N–H and O–H groups in total. The summed E-state index contributed by atoms with van der Waals surface area (Å²) < 4.78 is 0. The summed E-state index contributed by atoms with van der Waals surface area (Å²) in [6, 6.07) is 5.14. The Bertz CT molecular complexity index is 551. The Morgan fingerprint density at radius 2 is 2.26 bits per heavy atom. The fourth-order valence-electron chi connectivity index (χ4n) is 3.19. The van der Waals surface area contributed by atoms with Gasteiger partial charge < -0.3 is 5.11 Å². The monoisotopic (exact) mass is 258 g/mol. The van der Waals surface area contributed by atoms with E-state index in [1.165, 1.54) is 19.3 Å². The normalized spacial score (nSPS) is 26.9. The predicted molar refractivity (Wildman–Crippen MR) is 73.2 cm³/mol. The van der Waals surface area contributed by atoms with Crippen molar-refractivity contribution >= 4 is 11.6 Å². The van der Waals surface area contributed by atoms with Gasteiger partial charge in [0.2, 0.25) is 0 Å². The molecule has 2 bridgehead atoms. The topological polar surface area (TPSA) is 61.7 Å². The minimum Gasteiger partial charge on any atom is -0.507 e. The van der Waals surface area contributed by atoms with Crippen LogP contribution >= 0.6 is 0 Å². The summed E-state index contributed by atoms with van der Waals surface area (Å²) in [4.78, 5) is 12.0. The SMILES string of the molecule is Cc1cccc(C(=O)N/N=C2\CC3CCC2C3)c1O. The summed E-state index contributed by atoms with van der Waals surface area (Å²) in [5.41, 5.74) is 4.68. The van der Waals surface area contributed by atoms with E-state index in [-0.39, 0.29) is 17.2 Å². The minimum absolute atomic E-state index is 0.0353. The summed E-state index contributed by atoms with van der Waals surface area (Å²) in [5.74, 6) is 1.04. The smallest absolute Gasteiger partial charge is 0.275 e. The molecule has 0 saturated heterocycles. The number of carbonyl (C=O) groups is 1. The average Bonchev–Trinajstić information content (AvgIpc) is 3.01. The number of aryl methyl sites for hydroxylation is 1. The molecule has 0 aliphatic heterocycles. The molecule has 3 rings (SSSR count). The molecule has 0 aromatic heterocycles. The van der Waals surface area contributed by atoms with Crippen LogP contribution in [0.1, 0.15) is 41.6 Å². The number of carbonyl (C=O) groups excluding carboxylic acids is 1. The second-order valence-electron chi connectivity index (χ2n) is 5.60. The quantitative estimate of drug-likeness (QED) is 0.801. The van der Waals surface area contributed by atoms with Gasteiger partial charge in [0.25, 0.3) is 5.91 Å². The van der Waals surface area contributed by atoms with E-state index in [4.69, 9.17) is 0 Å². The maximum absolute atomic E-state index is 12.0. The van der Waals surface area contributed by atoms with Crippen molar-refractivity contribution in [2.75, 3.05) is 0 Å². The van der Waals surface area contributed by atoms with Crippen LogP contribution in [0.4, 0.5) is 0 Å². The first kappa shape index (κ1) is 12.2. The fourth-order valence-corrected chi connectivity index (χ4v) is 3.19. The lowest BCUT2D eigenvalue weighted by Crippen LogP contribution is -2.22. The molecule has 4 heteroatoms. The Hall–Kier alpha value is -1.84. The maximum Gasteiger partial charge on any atom is 0.275 e. The van der Waals surface area contributed by atoms with Crippen LogP contribution in [0.25, 0.3) is 0 Å². The van der Waals surface area contributed by atoms with Crippen LogP contribution < -0.4 is 5.43 Å². The van der Waals surface area contributed by atoms with Crippen LogP contribution in [0.5, 0.6) is 5.75 Å². The number of hydrogen-bond acceptors (Lipinski definition) is 3. The third kappa shape index (κ3) is 2.23. The highest BCUT2D eigenvalue weighted by molar-refractivity contribution is 5.98. The van der Waals surface area contributed by atoms with Crippen molar-refractivity contribution in [3.63, 3.8) is 0 Å². The Morgan fingerprint density at radius 1 is 1.42 bits per heavy atom. The first-order chi connectivity index (χ1) is 9.15. The number of hydrogen-bond donors (Lipinski definition) is 2. The molecule has 2 fully saturated rings. The van der Waals surface area contributed by atoms with Crippen LogP contribution in [0, 0.1) is 18.8 Å². The van der Waals surface area contributed by atoms with Crippen LogP contribution in [0.2, 0.25) is 0 Å². The van der Waals surface area contributed by atoms with Gasteiger partial charge in [0, 0.05) is 5.71 Å². The Morgan fingerprint density at radius 3 is 2.95 bits per heavy atom. The van der Waals surface area contributed by atoms with Gasteiger partial charge >= 0.3 is 0 Å². The van der Waals surface area contributed by atoms with E-state index in [1.807, 2.05) is 0 Å². The standard InChI is InChI=1S/C15H18N2O2/c1-9-3-2-4-12(14(9)18)15(19)17-16-13-8-10-5-6-11(13)7-10/h2-4,10-11,18H,5-8H2,1H3,(H,17,19)/b16-13+. The van der Waals surface area contributed by atoms with Crippen molar-refractivity contribution in [1.82, 2.24) is 5.43 Å². The molecule has 1 aromatic carbocycles. The van der Waals surface area contributed by atoms with Crippen LogP contribution in [-0.2, 0) is 0 Å². The lowest BCUT2D eigenvalue weighted by atomic mass is 9.99. The Balaban J connectivity index is 1.72. The molecular formula is C15H18N2O2. The predicted octanol–water partition coefficient (Wildman–Crippen LogP) is 2.61. The van der Waals surface area contributed by atoms with Gasteiger partial charge in [0.1, 0.15) is 5.75 Å². The number of rotatable bonds is 2. The second-order valence-corrected chi connectivity index (χ2v) is 5.60. The van der Waals surface area contributed by atoms with Crippen molar-refractivity contribution in [3.8, 4) is 5.75 Å². The van der Waals surface area contributed by atoms with E-state index in [9.17, 15) is 9.90 Å². The van der Waals surface area contributed by atoms with Crippen molar-refractivity contribution < 1.29 is 9.90 Å². The van der Waals surface area contributed by atoms with E-state index in [2.05, 4.69) is 10.5 Å². The Labute approximate surface area is 112 Å². The number of phenols is 1. The van der Waals surface area contributed by atoms with Crippen molar-refractivity contribution in [3.05, 3.63) is 29.3 Å². The number of para-hydroxylation sites is 1. The van der Waals surface area contributed by atoms with Crippen LogP contribution in [0.15, 0.2) is 23.3 Å². The van der Waals surface area contributed by atoms with E-state index in [0.29, 0.717) is 11.5 Å². The number of fused-ring (bicyclic) bond motifs is 2. The summed E-state index contributed by atoms with van der Waals surface area (Å²) in [6.45, 7) is 1.77. The number of amides is 1. The lowest BCUT2D eigenvalue weighted by molar-refractivity contribution is 0.0951. The van der Waals surface area contributed by atoms with Crippen molar-refractivity contribution in [2.45, 2.75) is 32.6 Å². The molecule has 1 amide bonds. The number of benzene rings is 1. The minimum atomic E-state index is -0.337. The van der Waals surface area contributed by atoms with Gasteiger partial charge in [-0.25, -0.2) is 5.43 Å². The number of hydrazone groups is 1. The average molecular weight is 258 g/mol. The van der Waals surface area contributed by atoms with E-state index < -0.39 is 0 Å². The highest BCUT2D eigenvalue weighted by atomic mass is 16.3. The van der Waals surface area contributed by atoms with Gasteiger partial charge in [-0.15, -0.1) is 0 Å². The van der Waals surface area contributed by atoms with Gasteiger partial charge in [-0.3, -0.25) is 4.79 Å². The summed E-state index contributed by atoms with van der Waals surface area (Å²) in [7, 11) is 0. The molecular weight excluding hydrogens is 240 g/mol. The number of nitrogens with one attached hydrogen (secondary N) is 1. The van der Waals surface area contributed by atoms with E-state index in [1.54, 1.807) is 25.1 Å². The highest BCUT2D eigenvalue weighted by Gasteiger charge is 2.36. The molecule has 2 unspecified atom stereocenters. The van der Waals surface area contributed by atoms with E-state index >= 15 is 0 Å². The molecule has 0 radical (unpaired) electrons. The number of aromatic hydroxyl groups is 1. The third-order valence-electron chi connectivity index (χ3n) is 4.29. The molecule has 100 valence electrons. The van der Waals surface area contributed by atoms with Crippen molar-refractivity contribution in [1.29, 1.82) is 0 Å².